The van der Waals surface area contributed by atoms with Crippen molar-refractivity contribution in [3.63, 3.8) is 0 Å². The standard InChI is InChI=1S/C12H19FO2/c1-6-11(13)12(10(4)9(2)3)15-8-7-14-5/h6,9H,1,4,7-8H2,2-3,5H3/b12-11-. The minimum atomic E-state index is -0.482. The topological polar surface area (TPSA) is 18.5 Å². The van der Waals surface area contributed by atoms with Gasteiger partial charge in [0.25, 0.3) is 0 Å². The summed E-state index contributed by atoms with van der Waals surface area (Å²) in [5.41, 5.74) is 0.628. The molecule has 0 aliphatic heterocycles. The minimum Gasteiger partial charge on any atom is -0.488 e. The lowest BCUT2D eigenvalue weighted by Crippen LogP contribution is -2.07. The van der Waals surface area contributed by atoms with Gasteiger partial charge in [-0.1, -0.05) is 27.0 Å². The molecule has 0 rings (SSSR count). The van der Waals surface area contributed by atoms with Crippen LogP contribution in [0.3, 0.4) is 0 Å². The molecule has 0 bridgehead atoms. The zero-order chi connectivity index (χ0) is 11.8. The van der Waals surface area contributed by atoms with Crippen LogP contribution in [0.25, 0.3) is 0 Å². The van der Waals surface area contributed by atoms with Crippen LogP contribution in [-0.2, 0) is 9.47 Å². The molecule has 0 radical (unpaired) electrons. The first kappa shape index (κ1) is 13.9. The van der Waals surface area contributed by atoms with Gasteiger partial charge in [0.05, 0.1) is 6.61 Å². The summed E-state index contributed by atoms with van der Waals surface area (Å²) in [6.07, 6.45) is 1.12. The van der Waals surface area contributed by atoms with Gasteiger partial charge >= 0.3 is 0 Å². The molecule has 0 aliphatic rings. The Balaban J connectivity index is 4.61. The second kappa shape index (κ2) is 7.23. The fourth-order valence-electron chi connectivity index (χ4n) is 0.897. The molecule has 0 atom stereocenters. The molecule has 0 aromatic rings. The normalized spacial score (nSPS) is 12.3. The maximum Gasteiger partial charge on any atom is 0.164 e. The van der Waals surface area contributed by atoms with Gasteiger partial charge in [0, 0.05) is 7.11 Å². The van der Waals surface area contributed by atoms with E-state index in [2.05, 4.69) is 13.2 Å². The van der Waals surface area contributed by atoms with Gasteiger partial charge in [-0.25, -0.2) is 4.39 Å². The lowest BCUT2D eigenvalue weighted by molar-refractivity contribution is 0.109. The SMILES string of the molecule is C=C/C(F)=C(/OCCOC)C(=C)C(C)C. The molecule has 0 amide bonds. The molecule has 0 aromatic carbocycles. The molecule has 0 fully saturated rings. The summed E-state index contributed by atoms with van der Waals surface area (Å²) in [6, 6.07) is 0. The summed E-state index contributed by atoms with van der Waals surface area (Å²) in [4.78, 5) is 0. The van der Waals surface area contributed by atoms with E-state index in [0.717, 1.165) is 6.08 Å². The fraction of sp³-hybridized carbons (Fsp3) is 0.500. The van der Waals surface area contributed by atoms with Crippen molar-refractivity contribution < 1.29 is 13.9 Å². The number of ether oxygens (including phenoxy) is 2. The van der Waals surface area contributed by atoms with E-state index in [0.29, 0.717) is 18.8 Å². The second-order valence-electron chi connectivity index (χ2n) is 3.40. The Morgan fingerprint density at radius 2 is 2.00 bits per heavy atom. The zero-order valence-electron chi connectivity index (χ0n) is 9.68. The van der Waals surface area contributed by atoms with Gasteiger partial charge in [0.1, 0.15) is 6.61 Å². The molecule has 0 unspecified atom stereocenters. The predicted octanol–water partition coefficient (Wildman–Crippen LogP) is 3.23. The fourth-order valence-corrected chi connectivity index (χ4v) is 0.897. The van der Waals surface area contributed by atoms with E-state index in [1.165, 1.54) is 0 Å². The molecule has 86 valence electrons. The third-order valence-corrected chi connectivity index (χ3v) is 1.92. The highest BCUT2D eigenvalue weighted by atomic mass is 19.1. The molecular formula is C12H19FO2. The predicted molar refractivity (Wildman–Crippen MR) is 60.1 cm³/mol. The summed E-state index contributed by atoms with van der Waals surface area (Å²) < 4.78 is 23.5. The summed E-state index contributed by atoms with van der Waals surface area (Å²) in [6.45, 7) is 11.7. The largest absolute Gasteiger partial charge is 0.488 e. The van der Waals surface area contributed by atoms with Gasteiger partial charge in [0.2, 0.25) is 0 Å². The van der Waals surface area contributed by atoms with E-state index in [9.17, 15) is 4.39 Å². The van der Waals surface area contributed by atoms with E-state index in [1.807, 2.05) is 13.8 Å². The van der Waals surface area contributed by atoms with Crippen LogP contribution in [0.5, 0.6) is 0 Å². The first-order chi connectivity index (χ1) is 7.04. The molecule has 3 heteroatoms. The molecule has 0 spiro atoms. The Bertz CT molecular complexity index is 254. The summed E-state index contributed by atoms with van der Waals surface area (Å²) in [5, 5.41) is 0. The van der Waals surface area contributed by atoms with Crippen molar-refractivity contribution in [2.45, 2.75) is 13.8 Å². The van der Waals surface area contributed by atoms with E-state index in [-0.39, 0.29) is 11.7 Å². The lowest BCUT2D eigenvalue weighted by Gasteiger charge is -2.15. The van der Waals surface area contributed by atoms with E-state index >= 15 is 0 Å². The average molecular weight is 214 g/mol. The van der Waals surface area contributed by atoms with Gasteiger partial charge in [-0.3, -0.25) is 0 Å². The van der Waals surface area contributed by atoms with Crippen molar-refractivity contribution in [2.24, 2.45) is 5.92 Å². The Morgan fingerprint density at radius 3 is 2.40 bits per heavy atom. The van der Waals surface area contributed by atoms with Crippen molar-refractivity contribution in [1.82, 2.24) is 0 Å². The van der Waals surface area contributed by atoms with Crippen molar-refractivity contribution >= 4 is 0 Å². The first-order valence-corrected chi connectivity index (χ1v) is 4.87. The van der Waals surface area contributed by atoms with Crippen molar-refractivity contribution in [3.8, 4) is 0 Å². The quantitative estimate of drug-likeness (QED) is 0.368. The summed E-state index contributed by atoms with van der Waals surface area (Å²) in [7, 11) is 1.56. The number of hydrogen-bond acceptors (Lipinski definition) is 2. The van der Waals surface area contributed by atoms with Gasteiger partial charge in [-0.05, 0) is 17.6 Å². The highest BCUT2D eigenvalue weighted by Gasteiger charge is 2.13. The Labute approximate surface area is 91.1 Å². The highest BCUT2D eigenvalue weighted by Crippen LogP contribution is 2.23. The molecule has 15 heavy (non-hydrogen) atoms. The Hall–Kier alpha value is -1.09. The molecule has 0 aliphatic carbocycles. The number of allylic oxidation sites excluding steroid dienone is 3. The zero-order valence-corrected chi connectivity index (χ0v) is 9.68. The van der Waals surface area contributed by atoms with Crippen molar-refractivity contribution in [1.29, 1.82) is 0 Å². The average Bonchev–Trinajstić information content (AvgIpc) is 2.22. The minimum absolute atomic E-state index is 0.133. The van der Waals surface area contributed by atoms with Gasteiger partial charge in [0.15, 0.2) is 11.6 Å². The Kier molecular flexibility index (Phi) is 6.71. The maximum absolute atomic E-state index is 13.4. The second-order valence-corrected chi connectivity index (χ2v) is 3.40. The molecule has 2 nitrogen and oxygen atoms in total. The Morgan fingerprint density at radius 1 is 1.40 bits per heavy atom. The third-order valence-electron chi connectivity index (χ3n) is 1.92. The number of methoxy groups -OCH3 is 1. The lowest BCUT2D eigenvalue weighted by atomic mass is 10.0. The van der Waals surface area contributed by atoms with Crippen molar-refractivity contribution in [2.75, 3.05) is 20.3 Å². The van der Waals surface area contributed by atoms with Crippen LogP contribution in [-0.4, -0.2) is 20.3 Å². The van der Waals surface area contributed by atoms with Gasteiger partial charge in [-0.2, -0.15) is 0 Å². The van der Waals surface area contributed by atoms with Crippen LogP contribution in [0.4, 0.5) is 4.39 Å². The molecule has 0 heterocycles. The molecule has 0 aromatic heterocycles. The molecule has 0 saturated heterocycles. The van der Waals surface area contributed by atoms with E-state index in [4.69, 9.17) is 9.47 Å². The molecule has 0 N–H and O–H groups in total. The van der Waals surface area contributed by atoms with Crippen LogP contribution in [0, 0.1) is 5.92 Å². The van der Waals surface area contributed by atoms with Gasteiger partial charge < -0.3 is 9.47 Å². The smallest absolute Gasteiger partial charge is 0.164 e. The number of halogens is 1. The van der Waals surface area contributed by atoms with E-state index < -0.39 is 5.83 Å². The van der Waals surface area contributed by atoms with Crippen LogP contribution in [0.1, 0.15) is 13.8 Å². The summed E-state index contributed by atoms with van der Waals surface area (Å²) >= 11 is 0. The van der Waals surface area contributed by atoms with Gasteiger partial charge in [-0.15, -0.1) is 0 Å². The highest BCUT2D eigenvalue weighted by molar-refractivity contribution is 5.31. The van der Waals surface area contributed by atoms with Crippen molar-refractivity contribution in [3.05, 3.63) is 36.4 Å². The van der Waals surface area contributed by atoms with Crippen LogP contribution in [0.2, 0.25) is 0 Å². The first-order valence-electron chi connectivity index (χ1n) is 4.87. The molecule has 0 saturated carbocycles. The van der Waals surface area contributed by atoms with Crippen LogP contribution >= 0.6 is 0 Å². The number of rotatable bonds is 7. The number of hydrogen-bond donors (Lipinski definition) is 0. The maximum atomic E-state index is 13.4. The van der Waals surface area contributed by atoms with Crippen LogP contribution < -0.4 is 0 Å². The monoisotopic (exact) mass is 214 g/mol. The van der Waals surface area contributed by atoms with E-state index in [1.54, 1.807) is 7.11 Å². The van der Waals surface area contributed by atoms with Crippen LogP contribution in [0.15, 0.2) is 36.4 Å². The summed E-state index contributed by atoms with van der Waals surface area (Å²) in [5.74, 6) is -0.171. The third kappa shape index (κ3) is 4.79. The molecular weight excluding hydrogens is 195 g/mol.